The van der Waals surface area contributed by atoms with Gasteiger partial charge < -0.3 is 10.5 Å². The molecule has 0 aromatic heterocycles. The molecule has 13 heavy (non-hydrogen) atoms. The van der Waals surface area contributed by atoms with Gasteiger partial charge in [-0.25, -0.2) is 0 Å². The van der Waals surface area contributed by atoms with Gasteiger partial charge in [-0.3, -0.25) is 4.79 Å². The summed E-state index contributed by atoms with van der Waals surface area (Å²) >= 11 is 0. The summed E-state index contributed by atoms with van der Waals surface area (Å²) in [5, 5.41) is 0. The molecule has 0 aromatic rings. The van der Waals surface area contributed by atoms with Gasteiger partial charge in [-0.1, -0.05) is 13.8 Å². The monoisotopic (exact) mass is 187 g/mol. The Hall–Kier alpha value is -0.570. The van der Waals surface area contributed by atoms with Crippen molar-refractivity contribution in [1.29, 1.82) is 0 Å². The summed E-state index contributed by atoms with van der Waals surface area (Å²) in [5.41, 5.74) is 5.55. The summed E-state index contributed by atoms with van der Waals surface area (Å²) in [6.07, 6.45) is 2.21. The van der Waals surface area contributed by atoms with E-state index in [1.807, 2.05) is 20.8 Å². The maximum absolute atomic E-state index is 11.1. The van der Waals surface area contributed by atoms with Gasteiger partial charge in [0.2, 0.25) is 0 Å². The van der Waals surface area contributed by atoms with Crippen LogP contribution in [-0.2, 0) is 9.53 Å². The highest BCUT2D eigenvalue weighted by molar-refractivity contribution is 5.69. The zero-order valence-corrected chi connectivity index (χ0v) is 8.88. The van der Waals surface area contributed by atoms with Gasteiger partial charge in [-0.05, 0) is 25.7 Å². The molecule has 0 saturated heterocycles. The maximum atomic E-state index is 11.1. The van der Waals surface area contributed by atoms with Crippen LogP contribution < -0.4 is 5.73 Å². The van der Waals surface area contributed by atoms with Gasteiger partial charge in [0.15, 0.2) is 0 Å². The number of carbonyl (C=O) groups excluding carboxylic acids is 1. The van der Waals surface area contributed by atoms with E-state index in [-0.39, 0.29) is 12.0 Å². The van der Waals surface area contributed by atoms with Crippen molar-refractivity contribution in [3.05, 3.63) is 0 Å². The zero-order valence-electron chi connectivity index (χ0n) is 8.88. The summed E-state index contributed by atoms with van der Waals surface area (Å²) in [7, 11) is 0. The molecule has 0 amide bonds. The smallest absolute Gasteiger partial charge is 0.305 e. The summed E-state index contributed by atoms with van der Waals surface area (Å²) in [4.78, 5) is 11.1. The van der Waals surface area contributed by atoms with Crippen molar-refractivity contribution in [1.82, 2.24) is 0 Å². The van der Waals surface area contributed by atoms with Crippen LogP contribution in [0.5, 0.6) is 0 Å². The summed E-state index contributed by atoms with van der Waals surface area (Å²) in [5.74, 6) is 0.312. The first-order valence-electron chi connectivity index (χ1n) is 4.93. The van der Waals surface area contributed by atoms with Crippen LogP contribution >= 0.6 is 0 Å². The van der Waals surface area contributed by atoms with Crippen LogP contribution in [0.25, 0.3) is 0 Å². The second-order valence-electron chi connectivity index (χ2n) is 3.95. The van der Waals surface area contributed by atoms with Gasteiger partial charge in [-0.2, -0.15) is 0 Å². The molecule has 0 spiro atoms. The van der Waals surface area contributed by atoms with E-state index in [0.717, 1.165) is 12.8 Å². The van der Waals surface area contributed by atoms with Crippen LogP contribution in [0.15, 0.2) is 0 Å². The molecular formula is C10H21NO2. The van der Waals surface area contributed by atoms with Crippen molar-refractivity contribution < 1.29 is 9.53 Å². The number of nitrogens with two attached hydrogens (primary N) is 1. The molecule has 78 valence electrons. The van der Waals surface area contributed by atoms with E-state index in [2.05, 4.69) is 0 Å². The Labute approximate surface area is 80.6 Å². The highest BCUT2D eigenvalue weighted by Gasteiger charge is 2.04. The Morgan fingerprint density at radius 1 is 1.38 bits per heavy atom. The molecule has 1 unspecified atom stereocenters. The van der Waals surface area contributed by atoms with Crippen molar-refractivity contribution in [2.75, 3.05) is 6.61 Å². The van der Waals surface area contributed by atoms with E-state index in [1.165, 1.54) is 0 Å². The Kier molecular flexibility index (Phi) is 6.59. The highest BCUT2D eigenvalue weighted by Crippen LogP contribution is 2.01. The lowest BCUT2D eigenvalue weighted by Crippen LogP contribution is -2.15. The molecule has 0 aliphatic carbocycles. The molecule has 0 aliphatic heterocycles. The highest BCUT2D eigenvalue weighted by atomic mass is 16.5. The lowest BCUT2D eigenvalue weighted by Gasteiger charge is -2.07. The molecule has 0 aliphatic rings. The molecule has 1 atom stereocenters. The lowest BCUT2D eigenvalue weighted by molar-refractivity contribution is -0.144. The van der Waals surface area contributed by atoms with Gasteiger partial charge >= 0.3 is 5.97 Å². The van der Waals surface area contributed by atoms with Crippen LogP contribution in [0.1, 0.15) is 40.0 Å². The van der Waals surface area contributed by atoms with Gasteiger partial charge in [0.05, 0.1) is 6.61 Å². The van der Waals surface area contributed by atoms with Gasteiger partial charge in [-0.15, -0.1) is 0 Å². The van der Waals surface area contributed by atoms with Crippen LogP contribution in [0, 0.1) is 5.92 Å². The van der Waals surface area contributed by atoms with Crippen LogP contribution in [0.4, 0.5) is 0 Å². The van der Waals surface area contributed by atoms with Gasteiger partial charge in [0.25, 0.3) is 0 Å². The Morgan fingerprint density at radius 2 is 2.00 bits per heavy atom. The minimum atomic E-state index is -0.102. The van der Waals surface area contributed by atoms with E-state index < -0.39 is 0 Å². The topological polar surface area (TPSA) is 52.3 Å². The fourth-order valence-corrected chi connectivity index (χ4v) is 0.900. The van der Waals surface area contributed by atoms with E-state index in [0.29, 0.717) is 18.9 Å². The molecule has 0 fully saturated rings. The molecule has 0 radical (unpaired) electrons. The fourth-order valence-electron chi connectivity index (χ4n) is 0.900. The minimum absolute atomic E-state index is 0.102. The average molecular weight is 187 g/mol. The number of rotatable bonds is 6. The third kappa shape index (κ3) is 9.34. The summed E-state index contributed by atoms with van der Waals surface area (Å²) < 4.78 is 5.01. The predicted octanol–water partition coefficient (Wildman–Crippen LogP) is 1.70. The summed E-state index contributed by atoms with van der Waals surface area (Å²) in [6.45, 7) is 6.51. The first-order chi connectivity index (χ1) is 6.02. The van der Waals surface area contributed by atoms with Crippen molar-refractivity contribution in [3.8, 4) is 0 Å². The molecule has 0 bridgehead atoms. The quantitative estimate of drug-likeness (QED) is 0.644. The standard InChI is InChI=1S/C10H21NO2/c1-8(2)7-13-10(12)6-4-5-9(3)11/h8-9H,4-7,11H2,1-3H3. The average Bonchev–Trinajstić information content (AvgIpc) is 2.00. The minimum Gasteiger partial charge on any atom is -0.465 e. The molecule has 0 aromatic carbocycles. The third-order valence-electron chi connectivity index (χ3n) is 1.62. The molecule has 0 rings (SSSR count). The number of ether oxygens (including phenoxy) is 1. The molecule has 3 nitrogen and oxygen atoms in total. The Balaban J connectivity index is 3.30. The number of hydrogen-bond acceptors (Lipinski definition) is 3. The largest absolute Gasteiger partial charge is 0.465 e. The lowest BCUT2D eigenvalue weighted by atomic mass is 10.1. The molecule has 0 heterocycles. The summed E-state index contributed by atoms with van der Waals surface area (Å²) in [6, 6.07) is 0.179. The van der Waals surface area contributed by atoms with Crippen molar-refractivity contribution in [2.45, 2.75) is 46.1 Å². The normalized spacial score (nSPS) is 13.0. The first kappa shape index (κ1) is 12.4. The predicted molar refractivity (Wildman–Crippen MR) is 53.3 cm³/mol. The van der Waals surface area contributed by atoms with Gasteiger partial charge in [0.1, 0.15) is 0 Å². The fraction of sp³-hybridized carbons (Fsp3) is 0.900. The van der Waals surface area contributed by atoms with E-state index >= 15 is 0 Å². The Morgan fingerprint density at radius 3 is 2.46 bits per heavy atom. The SMILES string of the molecule is CC(C)COC(=O)CCCC(C)N. The van der Waals surface area contributed by atoms with Crippen molar-refractivity contribution in [2.24, 2.45) is 11.7 Å². The molecule has 2 N–H and O–H groups in total. The van der Waals surface area contributed by atoms with E-state index in [9.17, 15) is 4.79 Å². The molecular weight excluding hydrogens is 166 g/mol. The number of carbonyl (C=O) groups is 1. The van der Waals surface area contributed by atoms with E-state index in [1.54, 1.807) is 0 Å². The van der Waals surface area contributed by atoms with E-state index in [4.69, 9.17) is 10.5 Å². The Bertz CT molecular complexity index is 144. The van der Waals surface area contributed by atoms with Crippen molar-refractivity contribution in [3.63, 3.8) is 0 Å². The second-order valence-corrected chi connectivity index (χ2v) is 3.95. The van der Waals surface area contributed by atoms with Crippen LogP contribution in [0.2, 0.25) is 0 Å². The molecule has 3 heteroatoms. The first-order valence-corrected chi connectivity index (χ1v) is 4.93. The van der Waals surface area contributed by atoms with Crippen molar-refractivity contribution >= 4 is 5.97 Å². The number of esters is 1. The third-order valence-corrected chi connectivity index (χ3v) is 1.62. The second kappa shape index (κ2) is 6.89. The van der Waals surface area contributed by atoms with Crippen LogP contribution in [-0.4, -0.2) is 18.6 Å². The number of hydrogen-bond donors (Lipinski definition) is 1. The molecule has 0 saturated carbocycles. The maximum Gasteiger partial charge on any atom is 0.305 e. The van der Waals surface area contributed by atoms with Gasteiger partial charge in [0, 0.05) is 12.5 Å². The van der Waals surface area contributed by atoms with Crippen LogP contribution in [0.3, 0.4) is 0 Å². The zero-order chi connectivity index (χ0) is 10.3.